The number of aromatic nitrogens is 4. The van der Waals surface area contributed by atoms with Crippen molar-refractivity contribution in [2.45, 2.75) is 17.2 Å². The molecule has 0 aliphatic carbocycles. The van der Waals surface area contributed by atoms with E-state index in [-0.39, 0.29) is 21.7 Å². The number of amides is 1. The molecule has 8 nitrogen and oxygen atoms in total. The predicted octanol–water partition coefficient (Wildman–Crippen LogP) is 1.39. The number of alkyl halides is 2. The van der Waals surface area contributed by atoms with Gasteiger partial charge in [0, 0.05) is 19.0 Å². The fourth-order valence-electron chi connectivity index (χ4n) is 2.64. The molecule has 0 spiro atoms. The first-order chi connectivity index (χ1) is 12.8. The van der Waals surface area contributed by atoms with E-state index in [0.29, 0.717) is 11.8 Å². The number of imidazole rings is 1. The van der Waals surface area contributed by atoms with Gasteiger partial charge >= 0.3 is 5.69 Å². The van der Waals surface area contributed by atoms with Crippen molar-refractivity contribution in [2.24, 2.45) is 14.1 Å². The van der Waals surface area contributed by atoms with Crippen molar-refractivity contribution >= 4 is 34.5 Å². The molecule has 2 aromatic heterocycles. The molecule has 0 saturated heterocycles. The Morgan fingerprint density at radius 2 is 1.96 bits per heavy atom. The van der Waals surface area contributed by atoms with E-state index >= 15 is 0 Å². The molecule has 1 N–H and O–H groups in total. The maximum atomic E-state index is 12.6. The fraction of sp³-hybridized carbons (Fsp3) is 0.250. The Labute approximate surface area is 155 Å². The number of para-hydroxylation sites is 1. The lowest BCUT2D eigenvalue weighted by Crippen LogP contribution is -2.42. The van der Waals surface area contributed by atoms with Crippen LogP contribution < -0.4 is 16.6 Å². The first kappa shape index (κ1) is 18.8. The summed E-state index contributed by atoms with van der Waals surface area (Å²) < 4.78 is 28.7. The van der Waals surface area contributed by atoms with Crippen LogP contribution in [0.2, 0.25) is 0 Å². The Hall–Kier alpha value is -2.95. The van der Waals surface area contributed by atoms with Crippen LogP contribution in [0.25, 0.3) is 11.2 Å². The molecule has 0 atom stereocenters. The second-order valence-corrected chi connectivity index (χ2v) is 6.72. The molecule has 0 unspecified atom stereocenters. The number of anilines is 1. The third-order valence-electron chi connectivity index (χ3n) is 3.88. The number of halogens is 2. The summed E-state index contributed by atoms with van der Waals surface area (Å²) >= 11 is 0.293. The van der Waals surface area contributed by atoms with Gasteiger partial charge in [0.25, 0.3) is 11.3 Å². The minimum absolute atomic E-state index is 0.179. The monoisotopic (exact) mass is 395 g/mol. The zero-order chi connectivity index (χ0) is 19.7. The summed E-state index contributed by atoms with van der Waals surface area (Å²) in [4.78, 5) is 41.5. The van der Waals surface area contributed by atoms with E-state index in [2.05, 4.69) is 10.3 Å². The minimum Gasteiger partial charge on any atom is -0.328 e. The lowest BCUT2D eigenvalue weighted by Gasteiger charge is -2.12. The van der Waals surface area contributed by atoms with Gasteiger partial charge in [-0.3, -0.25) is 14.2 Å². The van der Waals surface area contributed by atoms with Gasteiger partial charge in [0.15, 0.2) is 11.2 Å². The number of nitrogens with one attached hydrogen (secondary N) is 1. The molecule has 0 aliphatic rings. The second-order valence-electron chi connectivity index (χ2n) is 5.68. The van der Waals surface area contributed by atoms with E-state index in [9.17, 15) is 23.2 Å². The lowest BCUT2D eigenvalue weighted by molar-refractivity contribution is -0.116. The molecule has 0 radical (unpaired) electrons. The average Bonchev–Trinajstić information content (AvgIpc) is 3.00. The number of benzene rings is 1. The van der Waals surface area contributed by atoms with E-state index in [4.69, 9.17) is 0 Å². The molecule has 0 aliphatic heterocycles. The van der Waals surface area contributed by atoms with Gasteiger partial charge in [0.1, 0.15) is 6.54 Å². The highest BCUT2D eigenvalue weighted by Crippen LogP contribution is 2.31. The Balaban J connectivity index is 1.93. The van der Waals surface area contributed by atoms with Gasteiger partial charge in [-0.1, -0.05) is 23.9 Å². The zero-order valence-electron chi connectivity index (χ0n) is 14.3. The molecule has 1 amide bonds. The van der Waals surface area contributed by atoms with Crippen molar-refractivity contribution in [1.29, 1.82) is 0 Å². The van der Waals surface area contributed by atoms with Crippen molar-refractivity contribution in [3.63, 3.8) is 0 Å². The molecule has 2 heterocycles. The minimum atomic E-state index is -2.65. The van der Waals surface area contributed by atoms with Crippen LogP contribution in [-0.2, 0) is 25.4 Å². The van der Waals surface area contributed by atoms with E-state index in [0.717, 1.165) is 4.57 Å². The van der Waals surface area contributed by atoms with Gasteiger partial charge in [-0.05, 0) is 12.1 Å². The number of hydrogen-bond acceptors (Lipinski definition) is 5. The summed E-state index contributed by atoms with van der Waals surface area (Å²) in [6.45, 7) is -0.555. The van der Waals surface area contributed by atoms with E-state index in [1.54, 1.807) is 19.2 Å². The number of rotatable bonds is 5. The third kappa shape index (κ3) is 3.63. The van der Waals surface area contributed by atoms with Crippen molar-refractivity contribution in [1.82, 2.24) is 18.7 Å². The summed E-state index contributed by atoms with van der Waals surface area (Å²) in [7, 11) is 3.05. The lowest BCUT2D eigenvalue weighted by atomic mass is 10.3. The van der Waals surface area contributed by atoms with Crippen LogP contribution in [0.4, 0.5) is 14.5 Å². The number of aryl methyl sites for hydroxylation is 2. The van der Waals surface area contributed by atoms with Gasteiger partial charge in [-0.2, -0.15) is 8.78 Å². The van der Waals surface area contributed by atoms with Gasteiger partial charge in [0.2, 0.25) is 5.91 Å². The SMILES string of the molecule is Cn1cnc2c1c(=O)n(CC(=O)Nc1ccccc1SC(F)F)c(=O)n2C. The molecule has 0 bridgehead atoms. The van der Waals surface area contributed by atoms with Gasteiger partial charge in [0.05, 0.1) is 12.0 Å². The van der Waals surface area contributed by atoms with Crippen molar-refractivity contribution in [3.05, 3.63) is 51.4 Å². The Kier molecular flexibility index (Phi) is 5.13. The Bertz CT molecular complexity index is 1140. The van der Waals surface area contributed by atoms with Crippen LogP contribution >= 0.6 is 11.8 Å². The van der Waals surface area contributed by atoms with E-state index in [1.807, 2.05) is 0 Å². The molecule has 11 heteroatoms. The Morgan fingerprint density at radius 1 is 1.26 bits per heavy atom. The molecule has 142 valence electrons. The van der Waals surface area contributed by atoms with E-state index < -0.39 is 29.5 Å². The maximum Gasteiger partial charge on any atom is 0.332 e. The van der Waals surface area contributed by atoms with Crippen molar-refractivity contribution in [3.8, 4) is 0 Å². The summed E-state index contributed by atoms with van der Waals surface area (Å²) in [6, 6.07) is 6.06. The highest BCUT2D eigenvalue weighted by Gasteiger charge is 2.18. The van der Waals surface area contributed by atoms with Crippen LogP contribution in [0.5, 0.6) is 0 Å². The smallest absolute Gasteiger partial charge is 0.328 e. The summed E-state index contributed by atoms with van der Waals surface area (Å²) in [5.41, 5.74) is -0.782. The van der Waals surface area contributed by atoms with Gasteiger partial charge in [-0.15, -0.1) is 0 Å². The molecular formula is C16H15F2N5O3S. The maximum absolute atomic E-state index is 12.6. The standard InChI is InChI=1S/C16H15F2N5O3S/c1-21-8-19-13-12(21)14(25)23(16(26)22(13)2)7-11(24)20-9-5-3-4-6-10(9)27-15(17)18/h3-6,8,15H,7H2,1-2H3,(H,20,24). The van der Waals surface area contributed by atoms with E-state index in [1.165, 1.54) is 34.6 Å². The molecular weight excluding hydrogens is 380 g/mol. The molecule has 27 heavy (non-hydrogen) atoms. The van der Waals surface area contributed by atoms with Crippen LogP contribution in [0.1, 0.15) is 0 Å². The highest BCUT2D eigenvalue weighted by molar-refractivity contribution is 7.99. The average molecular weight is 395 g/mol. The largest absolute Gasteiger partial charge is 0.332 e. The number of thioether (sulfide) groups is 1. The Morgan fingerprint density at radius 3 is 2.67 bits per heavy atom. The van der Waals surface area contributed by atoms with Crippen molar-refractivity contribution < 1.29 is 13.6 Å². The molecule has 3 aromatic rings. The van der Waals surface area contributed by atoms with Crippen molar-refractivity contribution in [2.75, 3.05) is 5.32 Å². The summed E-state index contributed by atoms with van der Waals surface area (Å²) in [6.07, 6.45) is 1.40. The second kappa shape index (κ2) is 7.35. The number of carbonyl (C=O) groups is 1. The predicted molar refractivity (Wildman–Crippen MR) is 97.1 cm³/mol. The third-order valence-corrected chi connectivity index (χ3v) is 4.67. The molecule has 1 aromatic carbocycles. The van der Waals surface area contributed by atoms with Crippen LogP contribution in [0.15, 0.2) is 45.1 Å². The van der Waals surface area contributed by atoms with Gasteiger partial charge < -0.3 is 9.88 Å². The van der Waals surface area contributed by atoms with Crippen LogP contribution in [0, 0.1) is 0 Å². The highest BCUT2D eigenvalue weighted by atomic mass is 32.2. The normalized spacial score (nSPS) is 11.3. The topological polar surface area (TPSA) is 90.9 Å². The number of carbonyl (C=O) groups excluding carboxylic acids is 1. The van der Waals surface area contributed by atoms with Crippen LogP contribution in [0.3, 0.4) is 0 Å². The fourth-order valence-corrected chi connectivity index (χ4v) is 3.23. The van der Waals surface area contributed by atoms with Crippen LogP contribution in [-0.4, -0.2) is 30.3 Å². The number of fused-ring (bicyclic) bond motifs is 1. The summed E-state index contributed by atoms with van der Waals surface area (Å²) in [5.74, 6) is -3.33. The van der Waals surface area contributed by atoms with Gasteiger partial charge in [-0.25, -0.2) is 14.3 Å². The zero-order valence-corrected chi connectivity index (χ0v) is 15.2. The first-order valence-electron chi connectivity index (χ1n) is 7.74. The number of hydrogen-bond donors (Lipinski definition) is 1. The molecule has 0 fully saturated rings. The quantitative estimate of drug-likeness (QED) is 0.660. The molecule has 0 saturated carbocycles. The summed E-state index contributed by atoms with van der Waals surface area (Å²) in [5, 5.41) is 2.47. The first-order valence-corrected chi connectivity index (χ1v) is 8.62. The molecule has 3 rings (SSSR count). The number of nitrogens with zero attached hydrogens (tertiary/aromatic N) is 4.